The Bertz CT molecular complexity index is 1070. The molecule has 32 heavy (non-hydrogen) atoms. The Labute approximate surface area is 200 Å². The van der Waals surface area contributed by atoms with Gasteiger partial charge in [-0.15, -0.1) is 0 Å². The highest BCUT2D eigenvalue weighted by molar-refractivity contribution is 7.99. The lowest BCUT2D eigenvalue weighted by Gasteiger charge is -2.29. The molecular weight excluding hydrogens is 473 g/mol. The summed E-state index contributed by atoms with van der Waals surface area (Å²) in [4.78, 5) is 37.2. The van der Waals surface area contributed by atoms with Crippen molar-refractivity contribution in [3.63, 3.8) is 0 Å². The first-order valence-corrected chi connectivity index (χ1v) is 11.8. The van der Waals surface area contributed by atoms with Gasteiger partial charge in [-0.2, -0.15) is 4.89 Å². The van der Waals surface area contributed by atoms with Crippen LogP contribution in [0.15, 0.2) is 46.2 Å². The number of halogens is 2. The van der Waals surface area contributed by atoms with E-state index in [1.54, 1.807) is 11.0 Å². The van der Waals surface area contributed by atoms with Crippen LogP contribution in [0.25, 0.3) is 6.08 Å². The molecule has 1 amide bonds. The maximum atomic E-state index is 12.5. The first-order valence-electron chi connectivity index (χ1n) is 10.2. The fourth-order valence-corrected chi connectivity index (χ4v) is 5.17. The second-order valence-corrected chi connectivity index (χ2v) is 9.47. The average molecular weight is 494 g/mol. The maximum absolute atomic E-state index is 12.5. The molecule has 0 bridgehead atoms. The molecule has 2 aliphatic rings. The number of nitrogens with zero attached hydrogens (tertiary/aromatic N) is 1. The monoisotopic (exact) mass is 493 g/mol. The van der Waals surface area contributed by atoms with Crippen LogP contribution in [0.5, 0.6) is 5.75 Å². The molecule has 0 aliphatic carbocycles. The lowest BCUT2D eigenvalue weighted by atomic mass is 9.98. The fourth-order valence-electron chi connectivity index (χ4n) is 3.68. The molecule has 6 nitrogen and oxygen atoms in total. The van der Waals surface area contributed by atoms with E-state index < -0.39 is 11.9 Å². The molecule has 2 aromatic carbocycles. The van der Waals surface area contributed by atoms with Crippen molar-refractivity contribution in [1.29, 1.82) is 0 Å². The van der Waals surface area contributed by atoms with E-state index in [9.17, 15) is 14.7 Å². The zero-order chi connectivity index (χ0) is 22.7. The van der Waals surface area contributed by atoms with Gasteiger partial charge in [-0.25, -0.2) is 0 Å². The smallest absolute Gasteiger partial charge is 0.308 e. The van der Waals surface area contributed by atoms with Crippen molar-refractivity contribution in [2.24, 2.45) is 5.92 Å². The van der Waals surface area contributed by atoms with Gasteiger partial charge >= 0.3 is 5.97 Å². The van der Waals surface area contributed by atoms with Crippen molar-refractivity contribution in [3.05, 3.63) is 57.6 Å². The maximum Gasteiger partial charge on any atom is 0.308 e. The van der Waals surface area contributed by atoms with Gasteiger partial charge in [0.05, 0.1) is 22.6 Å². The zero-order valence-corrected chi connectivity index (χ0v) is 19.4. The van der Waals surface area contributed by atoms with E-state index in [0.717, 1.165) is 27.5 Å². The Morgan fingerprint density at radius 1 is 1.19 bits per heavy atom. The molecule has 1 unspecified atom stereocenters. The number of hydrogen-bond donors (Lipinski definition) is 1. The van der Waals surface area contributed by atoms with Crippen LogP contribution in [0.3, 0.4) is 0 Å². The largest absolute Gasteiger partial charge is 0.481 e. The summed E-state index contributed by atoms with van der Waals surface area (Å²) < 4.78 is 0. The quantitative estimate of drug-likeness (QED) is 0.446. The minimum Gasteiger partial charge on any atom is -0.481 e. The highest BCUT2D eigenvalue weighted by atomic mass is 35.5. The number of piperidine rings is 1. The van der Waals surface area contributed by atoms with Gasteiger partial charge in [0.2, 0.25) is 5.91 Å². The molecule has 1 saturated heterocycles. The first-order chi connectivity index (χ1) is 15.4. The second kappa shape index (κ2) is 10.2. The predicted molar refractivity (Wildman–Crippen MR) is 123 cm³/mol. The number of amides is 1. The number of carbonyl (C=O) groups excluding carboxylic acids is 1. The summed E-state index contributed by atoms with van der Waals surface area (Å²) in [5, 5.41) is 9.97. The summed E-state index contributed by atoms with van der Waals surface area (Å²) in [6.07, 6.45) is 5.08. The molecule has 2 aliphatic heterocycles. The summed E-state index contributed by atoms with van der Waals surface area (Å²) in [7, 11) is 0. The minimum absolute atomic E-state index is 0.223. The lowest BCUT2D eigenvalue weighted by Crippen LogP contribution is -2.41. The van der Waals surface area contributed by atoms with Crippen LogP contribution in [0.2, 0.25) is 10.0 Å². The molecule has 2 heterocycles. The van der Waals surface area contributed by atoms with Crippen LogP contribution in [0.4, 0.5) is 0 Å². The summed E-state index contributed by atoms with van der Waals surface area (Å²) >= 11 is 14.5. The number of fused-ring (bicyclic) bond motifs is 1. The van der Waals surface area contributed by atoms with Crippen LogP contribution >= 0.6 is 35.0 Å². The van der Waals surface area contributed by atoms with E-state index in [1.165, 1.54) is 17.8 Å². The lowest BCUT2D eigenvalue weighted by molar-refractivity contribution is -0.215. The zero-order valence-electron chi connectivity index (χ0n) is 17.1. The average Bonchev–Trinajstić information content (AvgIpc) is 2.81. The number of carbonyl (C=O) groups is 2. The summed E-state index contributed by atoms with van der Waals surface area (Å²) in [5.41, 5.74) is 1.70. The van der Waals surface area contributed by atoms with Crippen molar-refractivity contribution < 1.29 is 24.5 Å². The van der Waals surface area contributed by atoms with Gasteiger partial charge in [-0.05, 0) is 48.7 Å². The van der Waals surface area contributed by atoms with Gasteiger partial charge in [0, 0.05) is 40.9 Å². The molecule has 4 rings (SSSR count). The number of benzene rings is 2. The van der Waals surface area contributed by atoms with Gasteiger partial charge in [0.25, 0.3) is 0 Å². The van der Waals surface area contributed by atoms with Crippen molar-refractivity contribution in [3.8, 4) is 5.75 Å². The molecule has 9 heteroatoms. The van der Waals surface area contributed by atoms with E-state index in [1.807, 2.05) is 30.3 Å². The van der Waals surface area contributed by atoms with E-state index in [4.69, 9.17) is 33.0 Å². The molecule has 0 aromatic heterocycles. The molecule has 168 valence electrons. The van der Waals surface area contributed by atoms with E-state index in [2.05, 4.69) is 0 Å². The van der Waals surface area contributed by atoms with E-state index >= 15 is 0 Å². The SMILES string of the molecule is O=C(O)C1CCCN(C(=O)C=Cc2ccc(Sc3ccc4c(c3)CCOO4)c(Cl)c2Cl)C1. The molecule has 1 atom stereocenters. The van der Waals surface area contributed by atoms with E-state index in [0.29, 0.717) is 41.6 Å². The topological polar surface area (TPSA) is 76.1 Å². The van der Waals surface area contributed by atoms with E-state index in [-0.39, 0.29) is 12.5 Å². The summed E-state index contributed by atoms with van der Waals surface area (Å²) in [5.74, 6) is -0.896. The van der Waals surface area contributed by atoms with Gasteiger partial charge in [0.1, 0.15) is 0 Å². The fraction of sp³-hybridized carbons (Fsp3) is 0.304. The molecule has 0 saturated carbocycles. The van der Waals surface area contributed by atoms with Crippen LogP contribution in [0, 0.1) is 5.92 Å². The number of carboxylic acid groups (broad SMARTS) is 1. The molecule has 0 spiro atoms. The normalized spacial score (nSPS) is 18.3. The second-order valence-electron chi connectivity index (χ2n) is 7.60. The predicted octanol–water partition coefficient (Wildman–Crippen LogP) is 5.35. The Kier molecular flexibility index (Phi) is 7.30. The Balaban J connectivity index is 1.45. The third kappa shape index (κ3) is 5.23. The number of rotatable bonds is 5. The van der Waals surface area contributed by atoms with Gasteiger partial charge in [-0.1, -0.05) is 41.0 Å². The van der Waals surface area contributed by atoms with Gasteiger partial charge in [0.15, 0.2) is 5.75 Å². The van der Waals surface area contributed by atoms with Crippen LogP contribution in [-0.4, -0.2) is 41.6 Å². The number of carboxylic acids is 1. The van der Waals surface area contributed by atoms with Crippen molar-refractivity contribution in [2.45, 2.75) is 29.1 Å². The summed E-state index contributed by atoms with van der Waals surface area (Å²) in [6, 6.07) is 9.51. The van der Waals surface area contributed by atoms with Crippen molar-refractivity contribution in [1.82, 2.24) is 4.90 Å². The standard InChI is InChI=1S/C23H21Cl2NO5S/c24-21-14(4-8-20(27)26-10-1-2-16(13-26)23(28)29)3-7-19(22(21)25)32-17-5-6-18-15(12-17)9-11-30-31-18/h3-8,12,16H,1-2,9-11,13H2,(H,28,29). The van der Waals surface area contributed by atoms with Crippen molar-refractivity contribution >= 4 is 52.9 Å². The summed E-state index contributed by atoms with van der Waals surface area (Å²) in [6.45, 7) is 1.29. The Morgan fingerprint density at radius 3 is 2.84 bits per heavy atom. The molecule has 2 aromatic rings. The highest BCUT2D eigenvalue weighted by Crippen LogP contribution is 2.40. The molecular formula is C23H21Cl2NO5S. The number of hydrogen-bond acceptors (Lipinski definition) is 5. The number of likely N-dealkylation sites (tertiary alicyclic amines) is 1. The highest BCUT2D eigenvalue weighted by Gasteiger charge is 2.27. The number of aliphatic carboxylic acids is 1. The van der Waals surface area contributed by atoms with Crippen LogP contribution < -0.4 is 4.89 Å². The third-order valence-corrected chi connectivity index (χ3v) is 7.49. The van der Waals surface area contributed by atoms with Gasteiger partial charge in [-0.3, -0.25) is 9.59 Å². The first kappa shape index (κ1) is 23.0. The van der Waals surface area contributed by atoms with Crippen LogP contribution in [-0.2, 0) is 20.9 Å². The molecule has 0 radical (unpaired) electrons. The Morgan fingerprint density at radius 2 is 2.03 bits per heavy atom. The molecule has 1 fully saturated rings. The van der Waals surface area contributed by atoms with Crippen LogP contribution in [0.1, 0.15) is 24.0 Å². The van der Waals surface area contributed by atoms with Crippen molar-refractivity contribution in [2.75, 3.05) is 19.7 Å². The third-order valence-electron chi connectivity index (χ3n) is 5.43. The molecule has 1 N–H and O–H groups in total. The minimum atomic E-state index is -0.866. The Hall–Kier alpha value is -2.19. The van der Waals surface area contributed by atoms with Gasteiger partial charge < -0.3 is 14.9 Å².